The first-order chi connectivity index (χ1) is 8.70. The maximum absolute atomic E-state index is 9.62. The Labute approximate surface area is 108 Å². The average Bonchev–Trinajstić information content (AvgIpc) is 2.40. The molecule has 0 spiro atoms. The Bertz CT molecular complexity index is 399. The predicted octanol–water partition coefficient (Wildman–Crippen LogP) is 2.50. The van der Waals surface area contributed by atoms with Crippen molar-refractivity contribution in [2.24, 2.45) is 5.92 Å². The van der Waals surface area contributed by atoms with E-state index in [-0.39, 0.29) is 12.0 Å². The van der Waals surface area contributed by atoms with E-state index in [0.29, 0.717) is 0 Å². The Morgan fingerprint density at radius 3 is 2.67 bits per heavy atom. The normalized spacial score (nSPS) is 27.7. The van der Waals surface area contributed by atoms with Crippen molar-refractivity contribution in [2.45, 2.75) is 32.2 Å². The van der Waals surface area contributed by atoms with E-state index in [9.17, 15) is 5.11 Å². The number of hydrogen-bond donors (Lipinski definition) is 1. The molecule has 18 heavy (non-hydrogen) atoms. The molecule has 3 atom stereocenters. The first-order valence-corrected chi connectivity index (χ1v) is 6.34. The first-order valence-electron chi connectivity index (χ1n) is 6.34. The van der Waals surface area contributed by atoms with Crippen LogP contribution in [0.4, 0.5) is 0 Å². The standard InChI is InChI=1S/C15H20O3/c1-11-13(18-15(16)10-14(11)17-2)9-8-12-6-4-3-5-7-12/h3-7,10-11,13,15-16H,8-9H2,1-2H3. The Morgan fingerprint density at radius 2 is 2.00 bits per heavy atom. The van der Waals surface area contributed by atoms with E-state index in [0.717, 1.165) is 18.6 Å². The van der Waals surface area contributed by atoms with Gasteiger partial charge in [0.25, 0.3) is 0 Å². The molecule has 1 N–H and O–H groups in total. The lowest BCUT2D eigenvalue weighted by Gasteiger charge is -2.31. The molecule has 1 aromatic rings. The van der Waals surface area contributed by atoms with Crippen molar-refractivity contribution in [3.8, 4) is 0 Å². The highest BCUT2D eigenvalue weighted by Crippen LogP contribution is 2.28. The van der Waals surface area contributed by atoms with Crippen molar-refractivity contribution in [2.75, 3.05) is 7.11 Å². The fourth-order valence-corrected chi connectivity index (χ4v) is 2.34. The van der Waals surface area contributed by atoms with Crippen molar-refractivity contribution in [3.05, 3.63) is 47.7 Å². The Hall–Kier alpha value is -1.32. The number of methoxy groups -OCH3 is 1. The Morgan fingerprint density at radius 1 is 1.28 bits per heavy atom. The molecule has 1 aliphatic heterocycles. The van der Waals surface area contributed by atoms with Gasteiger partial charge in [0.15, 0.2) is 6.29 Å². The Balaban J connectivity index is 1.96. The van der Waals surface area contributed by atoms with Gasteiger partial charge in [-0.15, -0.1) is 0 Å². The summed E-state index contributed by atoms with van der Waals surface area (Å²) in [4.78, 5) is 0. The maximum atomic E-state index is 9.62. The molecular formula is C15H20O3. The van der Waals surface area contributed by atoms with Crippen LogP contribution in [0.1, 0.15) is 18.9 Å². The van der Waals surface area contributed by atoms with Crippen molar-refractivity contribution in [1.82, 2.24) is 0 Å². The van der Waals surface area contributed by atoms with E-state index in [1.165, 1.54) is 5.56 Å². The highest BCUT2D eigenvalue weighted by Gasteiger charge is 2.29. The maximum Gasteiger partial charge on any atom is 0.177 e. The monoisotopic (exact) mass is 248 g/mol. The van der Waals surface area contributed by atoms with Crippen molar-refractivity contribution in [3.63, 3.8) is 0 Å². The predicted molar refractivity (Wildman–Crippen MR) is 69.9 cm³/mol. The van der Waals surface area contributed by atoms with Crippen LogP contribution in [-0.4, -0.2) is 24.6 Å². The van der Waals surface area contributed by atoms with Crippen LogP contribution in [0, 0.1) is 5.92 Å². The molecule has 3 heteroatoms. The van der Waals surface area contributed by atoms with Gasteiger partial charge < -0.3 is 14.6 Å². The van der Waals surface area contributed by atoms with Gasteiger partial charge in [-0.05, 0) is 18.4 Å². The smallest absolute Gasteiger partial charge is 0.177 e. The first kappa shape index (κ1) is 13.1. The molecule has 0 amide bonds. The molecule has 0 fully saturated rings. The average molecular weight is 248 g/mol. The van der Waals surface area contributed by atoms with Gasteiger partial charge in [0.2, 0.25) is 0 Å². The topological polar surface area (TPSA) is 38.7 Å². The van der Waals surface area contributed by atoms with Gasteiger partial charge in [0, 0.05) is 12.0 Å². The van der Waals surface area contributed by atoms with Gasteiger partial charge >= 0.3 is 0 Å². The zero-order chi connectivity index (χ0) is 13.0. The molecule has 98 valence electrons. The molecule has 0 aromatic heterocycles. The van der Waals surface area contributed by atoms with E-state index in [1.807, 2.05) is 18.2 Å². The van der Waals surface area contributed by atoms with E-state index in [4.69, 9.17) is 9.47 Å². The third-order valence-electron chi connectivity index (χ3n) is 3.42. The quantitative estimate of drug-likeness (QED) is 0.889. The molecule has 0 bridgehead atoms. The second-order valence-electron chi connectivity index (χ2n) is 4.65. The van der Waals surface area contributed by atoms with E-state index < -0.39 is 6.29 Å². The van der Waals surface area contributed by atoms with Gasteiger partial charge in [-0.3, -0.25) is 0 Å². The largest absolute Gasteiger partial charge is 0.501 e. The van der Waals surface area contributed by atoms with Crippen LogP contribution in [0.2, 0.25) is 0 Å². The summed E-state index contributed by atoms with van der Waals surface area (Å²) < 4.78 is 10.8. The second-order valence-corrected chi connectivity index (χ2v) is 4.65. The van der Waals surface area contributed by atoms with Gasteiger partial charge in [0.05, 0.1) is 13.2 Å². The minimum absolute atomic E-state index is 0.000145. The molecule has 0 saturated heterocycles. The van der Waals surface area contributed by atoms with Gasteiger partial charge in [-0.2, -0.15) is 0 Å². The second kappa shape index (κ2) is 6.03. The summed E-state index contributed by atoms with van der Waals surface area (Å²) >= 11 is 0. The lowest BCUT2D eigenvalue weighted by Crippen LogP contribution is -2.34. The van der Waals surface area contributed by atoms with Crippen molar-refractivity contribution < 1.29 is 14.6 Å². The van der Waals surface area contributed by atoms with Crippen LogP contribution < -0.4 is 0 Å². The van der Waals surface area contributed by atoms with Crippen molar-refractivity contribution >= 4 is 0 Å². The third-order valence-corrected chi connectivity index (χ3v) is 3.42. The van der Waals surface area contributed by atoms with E-state index >= 15 is 0 Å². The number of aliphatic hydroxyl groups excluding tert-OH is 1. The summed E-state index contributed by atoms with van der Waals surface area (Å²) in [5, 5.41) is 9.62. The molecule has 0 saturated carbocycles. The number of aryl methyl sites for hydroxylation is 1. The number of aliphatic hydroxyl groups is 1. The molecule has 1 aromatic carbocycles. The summed E-state index contributed by atoms with van der Waals surface area (Å²) in [5.41, 5.74) is 1.29. The minimum atomic E-state index is -0.850. The fourth-order valence-electron chi connectivity index (χ4n) is 2.34. The minimum Gasteiger partial charge on any atom is -0.501 e. The molecule has 0 radical (unpaired) electrons. The SMILES string of the molecule is COC1=CC(O)OC(CCc2ccccc2)C1C. The van der Waals surface area contributed by atoms with Gasteiger partial charge in [-0.1, -0.05) is 37.3 Å². The van der Waals surface area contributed by atoms with Crippen LogP contribution in [0.25, 0.3) is 0 Å². The Kier molecular flexibility index (Phi) is 4.39. The van der Waals surface area contributed by atoms with Gasteiger partial charge in [-0.25, -0.2) is 0 Å². The summed E-state index contributed by atoms with van der Waals surface area (Å²) in [6, 6.07) is 10.3. The number of hydrogen-bond acceptors (Lipinski definition) is 3. The number of benzene rings is 1. The van der Waals surface area contributed by atoms with Gasteiger partial charge in [0.1, 0.15) is 5.76 Å². The van der Waals surface area contributed by atoms with Crippen molar-refractivity contribution in [1.29, 1.82) is 0 Å². The highest BCUT2D eigenvalue weighted by atomic mass is 16.6. The molecule has 2 rings (SSSR count). The van der Waals surface area contributed by atoms with E-state index in [1.54, 1.807) is 13.2 Å². The fraction of sp³-hybridized carbons (Fsp3) is 0.467. The summed E-state index contributed by atoms with van der Waals surface area (Å²) in [5.74, 6) is 0.994. The van der Waals surface area contributed by atoms with Crippen LogP contribution >= 0.6 is 0 Å². The van der Waals surface area contributed by atoms with Crippen LogP contribution in [0.15, 0.2) is 42.2 Å². The molecule has 1 aliphatic rings. The van der Waals surface area contributed by atoms with Crippen LogP contribution in [-0.2, 0) is 15.9 Å². The molecular weight excluding hydrogens is 228 g/mol. The molecule has 3 unspecified atom stereocenters. The molecule has 3 nitrogen and oxygen atoms in total. The third kappa shape index (κ3) is 3.12. The molecule has 1 heterocycles. The van der Waals surface area contributed by atoms with E-state index in [2.05, 4.69) is 19.1 Å². The van der Waals surface area contributed by atoms with Crippen LogP contribution in [0.3, 0.4) is 0 Å². The molecule has 0 aliphatic carbocycles. The highest BCUT2D eigenvalue weighted by molar-refractivity contribution is 5.15. The lowest BCUT2D eigenvalue weighted by molar-refractivity contribution is -0.137. The zero-order valence-corrected chi connectivity index (χ0v) is 10.9. The summed E-state index contributed by atoms with van der Waals surface area (Å²) in [6.45, 7) is 2.07. The lowest BCUT2D eigenvalue weighted by atomic mass is 9.94. The number of ether oxygens (including phenoxy) is 2. The summed E-state index contributed by atoms with van der Waals surface area (Å²) in [6.07, 6.45) is 2.60. The number of rotatable bonds is 4. The van der Waals surface area contributed by atoms with Crippen LogP contribution in [0.5, 0.6) is 0 Å². The zero-order valence-electron chi connectivity index (χ0n) is 10.9. The summed E-state index contributed by atoms with van der Waals surface area (Å²) in [7, 11) is 1.63.